The van der Waals surface area contributed by atoms with Crippen LogP contribution in [0.5, 0.6) is 0 Å². The number of hydrogen-bond acceptors (Lipinski definition) is 0. The molecule has 1 saturated carbocycles. The fourth-order valence-electron chi connectivity index (χ4n) is 2.82. The Labute approximate surface area is 116 Å². The maximum atomic E-state index is 14.0. The third-order valence-electron chi connectivity index (χ3n) is 4.08. The number of hydrogen-bond donors (Lipinski definition) is 0. The van der Waals surface area contributed by atoms with Gasteiger partial charge in [0.1, 0.15) is 0 Å². The van der Waals surface area contributed by atoms with Crippen molar-refractivity contribution >= 4 is 15.9 Å². The van der Waals surface area contributed by atoms with Gasteiger partial charge in [0, 0.05) is 5.33 Å². The summed E-state index contributed by atoms with van der Waals surface area (Å²) >= 11 is 3.50. The van der Waals surface area contributed by atoms with Gasteiger partial charge in [-0.05, 0) is 55.1 Å². The number of benzene rings is 1. The van der Waals surface area contributed by atoms with Crippen molar-refractivity contribution in [3.05, 3.63) is 34.9 Å². The molecule has 1 aromatic rings. The molecule has 0 atom stereocenters. The zero-order chi connectivity index (χ0) is 13.1. The minimum absolute atomic E-state index is 0.195. The van der Waals surface area contributed by atoms with Gasteiger partial charge in [0.15, 0.2) is 11.6 Å². The summed E-state index contributed by atoms with van der Waals surface area (Å²) in [7, 11) is 0. The predicted octanol–water partition coefficient (Wildman–Crippen LogP) is 5.20. The molecule has 18 heavy (non-hydrogen) atoms. The lowest BCUT2D eigenvalue weighted by molar-refractivity contribution is 0.344. The van der Waals surface area contributed by atoms with E-state index >= 15 is 0 Å². The van der Waals surface area contributed by atoms with Crippen molar-refractivity contribution in [2.75, 3.05) is 5.33 Å². The highest BCUT2D eigenvalue weighted by Crippen LogP contribution is 2.38. The number of aryl methyl sites for hydroxylation is 1. The van der Waals surface area contributed by atoms with Crippen LogP contribution in [0.1, 0.15) is 49.7 Å². The van der Waals surface area contributed by atoms with E-state index < -0.39 is 11.6 Å². The Kier molecular flexibility index (Phi) is 4.77. The molecule has 1 aliphatic rings. The molecular weight excluding hydrogens is 298 g/mol. The molecule has 0 bridgehead atoms. The van der Waals surface area contributed by atoms with Crippen LogP contribution < -0.4 is 0 Å². The van der Waals surface area contributed by atoms with Crippen LogP contribution >= 0.6 is 15.9 Å². The normalized spacial score (nSPS) is 24.2. The van der Waals surface area contributed by atoms with E-state index in [-0.39, 0.29) is 5.92 Å². The van der Waals surface area contributed by atoms with E-state index in [1.165, 1.54) is 0 Å². The Morgan fingerprint density at radius 1 is 1.11 bits per heavy atom. The molecule has 0 nitrogen and oxygen atoms in total. The third kappa shape index (κ3) is 2.76. The van der Waals surface area contributed by atoms with Crippen LogP contribution in [-0.4, -0.2) is 5.33 Å². The highest BCUT2D eigenvalue weighted by atomic mass is 79.9. The molecule has 1 aromatic carbocycles. The first-order valence-corrected chi connectivity index (χ1v) is 7.82. The summed E-state index contributed by atoms with van der Waals surface area (Å²) < 4.78 is 27.8. The quantitative estimate of drug-likeness (QED) is 0.673. The van der Waals surface area contributed by atoms with E-state index in [9.17, 15) is 8.78 Å². The van der Waals surface area contributed by atoms with E-state index in [1.807, 2.05) is 6.92 Å². The van der Waals surface area contributed by atoms with Gasteiger partial charge in [-0.2, -0.15) is 0 Å². The Morgan fingerprint density at radius 2 is 1.78 bits per heavy atom. The number of rotatable bonds is 3. The molecular formula is C15H19BrF2. The largest absolute Gasteiger partial charge is 0.203 e. The highest BCUT2D eigenvalue weighted by Gasteiger charge is 2.25. The maximum Gasteiger partial charge on any atom is 0.162 e. The number of alkyl halides is 1. The Balaban J connectivity index is 2.17. The summed E-state index contributed by atoms with van der Waals surface area (Å²) in [5, 5.41) is 1.02. The lowest BCUT2D eigenvalue weighted by atomic mass is 9.79. The summed E-state index contributed by atoms with van der Waals surface area (Å²) in [4.78, 5) is 0. The topological polar surface area (TPSA) is 0 Å². The molecule has 3 heteroatoms. The second-order valence-corrected chi connectivity index (χ2v) is 5.81. The van der Waals surface area contributed by atoms with Crippen molar-refractivity contribution < 1.29 is 8.78 Å². The van der Waals surface area contributed by atoms with Gasteiger partial charge < -0.3 is 0 Å². The van der Waals surface area contributed by atoms with Crippen molar-refractivity contribution in [2.24, 2.45) is 5.92 Å². The molecule has 0 spiro atoms. The SMILES string of the molecule is CCc1ccc(C2CCC(CBr)CC2)c(F)c1F. The predicted molar refractivity (Wildman–Crippen MR) is 74.2 cm³/mol. The molecule has 0 saturated heterocycles. The lowest BCUT2D eigenvalue weighted by Gasteiger charge is -2.28. The fraction of sp³-hybridized carbons (Fsp3) is 0.600. The molecule has 1 aliphatic carbocycles. The summed E-state index contributed by atoms with van der Waals surface area (Å²) in [6, 6.07) is 3.53. The van der Waals surface area contributed by atoms with Gasteiger partial charge in [-0.3, -0.25) is 0 Å². The van der Waals surface area contributed by atoms with Gasteiger partial charge >= 0.3 is 0 Å². The van der Waals surface area contributed by atoms with Crippen molar-refractivity contribution in [3.63, 3.8) is 0 Å². The van der Waals surface area contributed by atoms with Crippen LogP contribution in [0.4, 0.5) is 8.78 Å². The van der Waals surface area contributed by atoms with Crippen molar-refractivity contribution in [1.29, 1.82) is 0 Å². The second-order valence-electron chi connectivity index (χ2n) is 5.17. The average Bonchev–Trinajstić information content (AvgIpc) is 2.42. The Bertz CT molecular complexity index is 409. The smallest absolute Gasteiger partial charge is 0.162 e. The van der Waals surface area contributed by atoms with Gasteiger partial charge in [0.05, 0.1) is 0 Å². The Morgan fingerprint density at radius 3 is 2.33 bits per heavy atom. The molecule has 0 aliphatic heterocycles. The first-order valence-electron chi connectivity index (χ1n) is 6.70. The van der Waals surface area contributed by atoms with E-state index in [2.05, 4.69) is 15.9 Å². The van der Waals surface area contributed by atoms with Crippen LogP contribution in [0.3, 0.4) is 0 Å². The first-order chi connectivity index (χ1) is 8.67. The van der Waals surface area contributed by atoms with Crippen LogP contribution in [0.25, 0.3) is 0 Å². The molecule has 100 valence electrons. The van der Waals surface area contributed by atoms with Gasteiger partial charge in [0.2, 0.25) is 0 Å². The van der Waals surface area contributed by atoms with Gasteiger partial charge in [-0.15, -0.1) is 0 Å². The minimum atomic E-state index is -0.641. The summed E-state index contributed by atoms with van der Waals surface area (Å²) in [5.74, 6) is -0.362. The van der Waals surface area contributed by atoms with E-state index in [4.69, 9.17) is 0 Å². The molecule has 2 rings (SSSR count). The zero-order valence-corrected chi connectivity index (χ0v) is 12.3. The van der Waals surface area contributed by atoms with Gasteiger partial charge in [-0.1, -0.05) is 35.0 Å². The van der Waals surface area contributed by atoms with Crippen LogP contribution in [0, 0.1) is 17.6 Å². The third-order valence-corrected chi connectivity index (χ3v) is 4.99. The van der Waals surface area contributed by atoms with Gasteiger partial charge in [0.25, 0.3) is 0 Å². The molecule has 0 N–H and O–H groups in total. The van der Waals surface area contributed by atoms with Crippen LogP contribution in [-0.2, 0) is 6.42 Å². The second kappa shape index (κ2) is 6.14. The van der Waals surface area contributed by atoms with E-state index in [0.717, 1.165) is 31.0 Å². The zero-order valence-electron chi connectivity index (χ0n) is 10.7. The molecule has 0 amide bonds. The van der Waals surface area contributed by atoms with Crippen LogP contribution in [0.2, 0.25) is 0 Å². The molecule has 0 aromatic heterocycles. The maximum absolute atomic E-state index is 14.0. The van der Waals surface area contributed by atoms with Gasteiger partial charge in [-0.25, -0.2) is 8.78 Å². The van der Waals surface area contributed by atoms with E-state index in [0.29, 0.717) is 23.5 Å². The van der Waals surface area contributed by atoms with E-state index in [1.54, 1.807) is 12.1 Å². The molecule has 0 radical (unpaired) electrons. The standard InChI is InChI=1S/C15H19BrF2/c1-2-11-7-8-13(15(18)14(11)17)12-5-3-10(9-16)4-6-12/h7-8,10,12H,2-6,9H2,1H3. The van der Waals surface area contributed by atoms with Crippen molar-refractivity contribution in [1.82, 2.24) is 0 Å². The molecule has 0 unspecified atom stereocenters. The van der Waals surface area contributed by atoms with Crippen LogP contribution in [0.15, 0.2) is 12.1 Å². The Hall–Kier alpha value is -0.440. The lowest BCUT2D eigenvalue weighted by Crippen LogP contribution is -2.15. The summed E-state index contributed by atoms with van der Waals surface area (Å²) in [5.41, 5.74) is 1.06. The molecule has 1 fully saturated rings. The number of halogens is 3. The fourth-order valence-corrected chi connectivity index (χ4v) is 3.47. The summed E-state index contributed by atoms with van der Waals surface area (Å²) in [6.45, 7) is 1.85. The van der Waals surface area contributed by atoms with Crippen molar-refractivity contribution in [2.45, 2.75) is 44.9 Å². The summed E-state index contributed by atoms with van der Waals surface area (Å²) in [6.07, 6.45) is 4.69. The average molecular weight is 317 g/mol. The van der Waals surface area contributed by atoms with Crippen molar-refractivity contribution in [3.8, 4) is 0 Å². The molecule has 0 heterocycles. The monoisotopic (exact) mass is 316 g/mol. The first kappa shape index (κ1) is 14.0. The highest BCUT2D eigenvalue weighted by molar-refractivity contribution is 9.09. The minimum Gasteiger partial charge on any atom is -0.203 e.